The van der Waals surface area contributed by atoms with E-state index in [2.05, 4.69) is 10.1 Å². The van der Waals surface area contributed by atoms with E-state index in [0.717, 1.165) is 58.7 Å². The van der Waals surface area contributed by atoms with Crippen LogP contribution in [-0.4, -0.2) is 47.4 Å². The minimum atomic E-state index is -0.814. The summed E-state index contributed by atoms with van der Waals surface area (Å²) in [5, 5.41) is 4.81. The van der Waals surface area contributed by atoms with E-state index in [-0.39, 0.29) is 46.9 Å². The summed E-state index contributed by atoms with van der Waals surface area (Å²) in [4.78, 5) is 32.9. The van der Waals surface area contributed by atoms with E-state index in [9.17, 15) is 18.4 Å². The van der Waals surface area contributed by atoms with Crippen LogP contribution in [0.3, 0.4) is 0 Å². The van der Waals surface area contributed by atoms with Gasteiger partial charge < -0.3 is 18.9 Å². The minimum Gasteiger partial charge on any atom is -0.465 e. The Balaban J connectivity index is 1.13. The van der Waals surface area contributed by atoms with E-state index >= 15 is 0 Å². The molecule has 3 fully saturated rings. The van der Waals surface area contributed by atoms with Gasteiger partial charge in [0.25, 0.3) is 0 Å². The van der Waals surface area contributed by atoms with Crippen LogP contribution < -0.4 is 4.90 Å². The predicted octanol–water partition coefficient (Wildman–Crippen LogP) is 6.56. The van der Waals surface area contributed by atoms with Gasteiger partial charge in [-0.25, -0.2) is 23.4 Å². The lowest BCUT2D eigenvalue weighted by molar-refractivity contribution is 0.0202. The Hall–Kier alpha value is -3.86. The van der Waals surface area contributed by atoms with Gasteiger partial charge in [-0.05, 0) is 62.4 Å². The first-order valence-corrected chi connectivity index (χ1v) is 14.6. The van der Waals surface area contributed by atoms with Gasteiger partial charge in [-0.3, -0.25) is 0 Å². The van der Waals surface area contributed by atoms with Gasteiger partial charge in [0.2, 0.25) is 0 Å². The molecule has 2 aromatic carbocycles. The second kappa shape index (κ2) is 9.90. The third-order valence-electron chi connectivity index (χ3n) is 8.35. The first-order valence-electron chi connectivity index (χ1n) is 13.7. The molecule has 2 aliphatic heterocycles. The third kappa shape index (κ3) is 4.46. The van der Waals surface area contributed by atoms with Crippen LogP contribution in [-0.2, 0) is 9.47 Å². The molecule has 41 heavy (non-hydrogen) atoms. The number of halogens is 2. The number of esters is 2. The summed E-state index contributed by atoms with van der Waals surface area (Å²) in [5.41, 5.74) is 1.75. The first kappa shape index (κ1) is 26.1. The summed E-state index contributed by atoms with van der Waals surface area (Å²) in [5.74, 6) is -2.34. The molecule has 3 atom stereocenters. The lowest BCUT2D eigenvalue weighted by Crippen LogP contribution is -2.46. The number of thiazole rings is 1. The highest BCUT2D eigenvalue weighted by molar-refractivity contribution is 7.22. The molecule has 11 heteroatoms. The number of anilines is 1. The van der Waals surface area contributed by atoms with E-state index in [1.54, 1.807) is 17.4 Å². The molecule has 7 rings (SSSR count). The first-order chi connectivity index (χ1) is 19.8. The number of piperidine rings is 1. The van der Waals surface area contributed by atoms with Gasteiger partial charge in [-0.1, -0.05) is 22.6 Å². The Bertz CT molecular complexity index is 1660. The van der Waals surface area contributed by atoms with Gasteiger partial charge in [-0.2, -0.15) is 0 Å². The van der Waals surface area contributed by atoms with Crippen molar-refractivity contribution in [1.29, 1.82) is 0 Å². The molecule has 1 aliphatic carbocycles. The second-order valence-electron chi connectivity index (χ2n) is 11.1. The van der Waals surface area contributed by atoms with Crippen LogP contribution in [0.5, 0.6) is 0 Å². The number of hydrogen-bond donors (Lipinski definition) is 0. The molecule has 8 nitrogen and oxygen atoms in total. The van der Waals surface area contributed by atoms with Gasteiger partial charge in [-0.15, -0.1) is 0 Å². The summed E-state index contributed by atoms with van der Waals surface area (Å²) in [6.45, 7) is 1.93. The van der Waals surface area contributed by atoms with Crippen molar-refractivity contribution in [2.24, 2.45) is 0 Å². The molecule has 212 valence electrons. The molecule has 0 N–H and O–H groups in total. The predicted molar refractivity (Wildman–Crippen MR) is 147 cm³/mol. The fraction of sp³-hybridized carbons (Fsp3) is 0.400. The normalized spacial score (nSPS) is 21.9. The topological polar surface area (TPSA) is 94.8 Å². The summed E-state index contributed by atoms with van der Waals surface area (Å²) in [6, 6.07) is 7.39. The maximum atomic E-state index is 14.7. The van der Waals surface area contributed by atoms with Gasteiger partial charge in [0.15, 0.2) is 10.9 Å². The monoisotopic (exact) mass is 579 g/mol. The van der Waals surface area contributed by atoms with Gasteiger partial charge in [0.1, 0.15) is 29.0 Å². The Kier molecular flexibility index (Phi) is 6.29. The standard InChI is InChI=1S/C30H27F2N3O5S/c1-14-10-16(28(36)38-2)11-22-25(14)33-30(41-22)35-17-8-9-18(35)13-19(12-17)39-29(37)24-26(34-40-27(24)15-6-7-15)23-20(31)4-3-5-21(23)32/h3-5,10-11,15,17-19H,6-9,12-13H2,1-2H3/t17-,18+,19?. The number of nitrogens with zero attached hydrogens (tertiary/aromatic N) is 3. The summed E-state index contributed by atoms with van der Waals surface area (Å²) in [6.07, 6.45) is 4.37. The molecule has 4 aromatic rings. The van der Waals surface area contributed by atoms with Crippen LogP contribution in [0.15, 0.2) is 34.9 Å². The Morgan fingerprint density at radius 2 is 1.76 bits per heavy atom. The minimum absolute atomic E-state index is 0.00569. The average molecular weight is 580 g/mol. The Morgan fingerprint density at radius 1 is 1.05 bits per heavy atom. The highest BCUT2D eigenvalue weighted by Gasteiger charge is 2.45. The molecule has 3 aliphatic rings. The smallest absolute Gasteiger partial charge is 0.344 e. The van der Waals surface area contributed by atoms with E-state index in [4.69, 9.17) is 19.0 Å². The Morgan fingerprint density at radius 3 is 2.41 bits per heavy atom. The van der Waals surface area contributed by atoms with Crippen LogP contribution >= 0.6 is 11.3 Å². The number of rotatable bonds is 6. The SMILES string of the molecule is COC(=O)c1cc(C)c2nc(N3[C@@H]4CC[C@H]3CC(OC(=O)c3c(-c5c(F)cccc5F)noc3C3CC3)C4)sc2c1. The van der Waals surface area contributed by atoms with Gasteiger partial charge in [0, 0.05) is 30.8 Å². The molecule has 1 unspecified atom stereocenters. The number of carbonyl (C=O) groups is 2. The van der Waals surface area contributed by atoms with Crippen molar-refractivity contribution in [3.05, 3.63) is 64.4 Å². The van der Waals surface area contributed by atoms with Crippen molar-refractivity contribution in [2.45, 2.75) is 69.6 Å². The maximum absolute atomic E-state index is 14.7. The fourth-order valence-corrected chi connectivity index (χ4v) is 7.52. The number of aromatic nitrogens is 2. The number of aryl methyl sites for hydroxylation is 1. The number of ether oxygens (including phenoxy) is 2. The highest BCUT2D eigenvalue weighted by atomic mass is 32.1. The number of carbonyl (C=O) groups excluding carboxylic acids is 2. The zero-order chi connectivity index (χ0) is 28.4. The largest absolute Gasteiger partial charge is 0.465 e. The number of benzene rings is 2. The van der Waals surface area contributed by atoms with E-state index < -0.39 is 17.6 Å². The summed E-state index contributed by atoms with van der Waals surface area (Å²) in [7, 11) is 1.36. The molecular formula is C30H27F2N3O5S. The average Bonchev–Trinajstić information content (AvgIpc) is 3.45. The van der Waals surface area contributed by atoms with Crippen molar-refractivity contribution >= 4 is 38.6 Å². The highest BCUT2D eigenvalue weighted by Crippen LogP contribution is 2.46. The molecule has 0 radical (unpaired) electrons. The van der Waals surface area contributed by atoms with Crippen LogP contribution in [0.25, 0.3) is 21.5 Å². The van der Waals surface area contributed by atoms with E-state index in [1.807, 2.05) is 13.0 Å². The van der Waals surface area contributed by atoms with Crippen molar-refractivity contribution in [3.63, 3.8) is 0 Å². The van der Waals surface area contributed by atoms with Gasteiger partial charge in [0.05, 0.1) is 28.5 Å². The molecule has 4 heterocycles. The third-order valence-corrected chi connectivity index (χ3v) is 9.37. The van der Waals surface area contributed by atoms with Crippen LogP contribution in [0.2, 0.25) is 0 Å². The van der Waals surface area contributed by atoms with E-state index in [0.29, 0.717) is 24.2 Å². The lowest BCUT2D eigenvalue weighted by atomic mass is 9.99. The zero-order valence-electron chi connectivity index (χ0n) is 22.5. The van der Waals surface area contributed by atoms with Crippen LogP contribution in [0.1, 0.15) is 76.5 Å². The Labute approximate surface area is 238 Å². The summed E-state index contributed by atoms with van der Waals surface area (Å²) < 4.78 is 46.6. The molecule has 0 spiro atoms. The van der Waals surface area contributed by atoms with E-state index in [1.165, 1.54) is 13.2 Å². The number of hydrogen-bond acceptors (Lipinski definition) is 9. The fourth-order valence-electron chi connectivity index (χ4n) is 6.30. The molecule has 2 aromatic heterocycles. The molecular weight excluding hydrogens is 552 g/mol. The van der Waals surface area contributed by atoms with Crippen molar-refractivity contribution < 1.29 is 32.4 Å². The molecule has 2 saturated heterocycles. The molecule has 2 bridgehead atoms. The maximum Gasteiger partial charge on any atom is 0.344 e. The quantitative estimate of drug-likeness (QED) is 0.237. The lowest BCUT2D eigenvalue weighted by Gasteiger charge is -2.38. The number of methoxy groups -OCH3 is 1. The molecule has 0 amide bonds. The van der Waals surface area contributed by atoms with Crippen LogP contribution in [0.4, 0.5) is 13.9 Å². The van der Waals surface area contributed by atoms with Gasteiger partial charge >= 0.3 is 11.9 Å². The molecule has 1 saturated carbocycles. The second-order valence-corrected chi connectivity index (χ2v) is 12.1. The van der Waals surface area contributed by atoms with Crippen molar-refractivity contribution in [2.75, 3.05) is 12.0 Å². The zero-order valence-corrected chi connectivity index (χ0v) is 23.3. The van der Waals surface area contributed by atoms with Crippen molar-refractivity contribution in [1.82, 2.24) is 10.1 Å². The van der Waals surface area contributed by atoms with Crippen LogP contribution in [0, 0.1) is 18.6 Å². The summed E-state index contributed by atoms with van der Waals surface area (Å²) >= 11 is 1.54. The van der Waals surface area contributed by atoms with Crippen molar-refractivity contribution in [3.8, 4) is 11.3 Å². The number of fused-ring (bicyclic) bond motifs is 3.